The van der Waals surface area contributed by atoms with Crippen LogP contribution in [0.25, 0.3) is 0 Å². The van der Waals surface area contributed by atoms with Gasteiger partial charge in [-0.05, 0) is 29.0 Å². The lowest BCUT2D eigenvalue weighted by atomic mass is 10.1. The SMILES string of the molecule is COC(C(=O)N1CCc2sccc2C1)c1ccccc1. The fourth-order valence-electron chi connectivity index (χ4n) is 2.61. The summed E-state index contributed by atoms with van der Waals surface area (Å²) in [5.41, 5.74) is 2.19. The second-order valence-corrected chi connectivity index (χ2v) is 5.91. The monoisotopic (exact) mass is 287 g/mol. The molecule has 1 atom stereocenters. The zero-order valence-electron chi connectivity index (χ0n) is 11.4. The number of carbonyl (C=O) groups is 1. The highest BCUT2D eigenvalue weighted by atomic mass is 32.1. The van der Waals surface area contributed by atoms with Crippen molar-refractivity contribution in [2.24, 2.45) is 0 Å². The molecular weight excluding hydrogens is 270 g/mol. The fraction of sp³-hybridized carbons (Fsp3) is 0.312. The standard InChI is InChI=1S/C16H17NO2S/c1-19-15(12-5-3-2-4-6-12)16(18)17-9-7-14-13(11-17)8-10-20-14/h2-6,8,10,15H,7,9,11H2,1H3. The zero-order valence-corrected chi connectivity index (χ0v) is 12.2. The minimum Gasteiger partial charge on any atom is -0.367 e. The number of thiophene rings is 1. The molecule has 104 valence electrons. The molecule has 0 spiro atoms. The third-order valence-electron chi connectivity index (χ3n) is 3.68. The third-order valence-corrected chi connectivity index (χ3v) is 4.70. The zero-order chi connectivity index (χ0) is 13.9. The average Bonchev–Trinajstić information content (AvgIpc) is 2.96. The Hall–Kier alpha value is -1.65. The number of benzene rings is 1. The van der Waals surface area contributed by atoms with Gasteiger partial charge in [0.2, 0.25) is 0 Å². The Morgan fingerprint density at radius 1 is 1.30 bits per heavy atom. The molecular formula is C16H17NO2S. The minimum atomic E-state index is -0.503. The maximum absolute atomic E-state index is 12.7. The summed E-state index contributed by atoms with van der Waals surface area (Å²) in [5.74, 6) is 0.0514. The Bertz CT molecular complexity index is 594. The van der Waals surface area contributed by atoms with Gasteiger partial charge in [0.05, 0.1) is 0 Å². The highest BCUT2D eigenvalue weighted by Gasteiger charge is 2.28. The van der Waals surface area contributed by atoms with Crippen LogP contribution in [-0.2, 0) is 22.5 Å². The first-order chi connectivity index (χ1) is 9.79. The first-order valence-corrected chi connectivity index (χ1v) is 7.59. The summed E-state index contributed by atoms with van der Waals surface area (Å²) in [5, 5.41) is 2.10. The Kier molecular flexibility index (Phi) is 3.85. The number of rotatable bonds is 3. The molecule has 1 aromatic carbocycles. The van der Waals surface area contributed by atoms with Crippen molar-refractivity contribution in [3.63, 3.8) is 0 Å². The van der Waals surface area contributed by atoms with Crippen LogP contribution in [0.15, 0.2) is 41.8 Å². The summed E-state index contributed by atoms with van der Waals surface area (Å²) in [6.45, 7) is 1.48. The lowest BCUT2D eigenvalue weighted by molar-refractivity contribution is -0.143. The first-order valence-electron chi connectivity index (χ1n) is 6.71. The van der Waals surface area contributed by atoms with E-state index in [1.807, 2.05) is 35.2 Å². The van der Waals surface area contributed by atoms with Gasteiger partial charge in [0.1, 0.15) is 0 Å². The van der Waals surface area contributed by atoms with Crippen LogP contribution < -0.4 is 0 Å². The van der Waals surface area contributed by atoms with E-state index < -0.39 is 6.10 Å². The van der Waals surface area contributed by atoms with Gasteiger partial charge < -0.3 is 9.64 Å². The number of nitrogens with zero attached hydrogens (tertiary/aromatic N) is 1. The third kappa shape index (κ3) is 2.49. The van der Waals surface area contributed by atoms with Crippen molar-refractivity contribution in [2.75, 3.05) is 13.7 Å². The van der Waals surface area contributed by atoms with E-state index in [1.165, 1.54) is 10.4 Å². The van der Waals surface area contributed by atoms with Gasteiger partial charge in [-0.15, -0.1) is 11.3 Å². The van der Waals surface area contributed by atoms with Gasteiger partial charge in [-0.25, -0.2) is 0 Å². The van der Waals surface area contributed by atoms with E-state index in [1.54, 1.807) is 18.4 Å². The van der Waals surface area contributed by atoms with Gasteiger partial charge in [-0.3, -0.25) is 4.79 Å². The summed E-state index contributed by atoms with van der Waals surface area (Å²) < 4.78 is 5.43. The summed E-state index contributed by atoms with van der Waals surface area (Å²) in [7, 11) is 1.59. The maximum Gasteiger partial charge on any atom is 0.256 e. The molecule has 2 heterocycles. The Balaban J connectivity index is 1.78. The van der Waals surface area contributed by atoms with E-state index in [4.69, 9.17) is 4.74 Å². The predicted octanol–water partition coefficient (Wildman–Crippen LogP) is 3.02. The number of amides is 1. The van der Waals surface area contributed by atoms with Crippen LogP contribution in [0.4, 0.5) is 0 Å². The Labute approximate surface area is 122 Å². The lowest BCUT2D eigenvalue weighted by Crippen LogP contribution is -2.39. The maximum atomic E-state index is 12.7. The van der Waals surface area contributed by atoms with Crippen LogP contribution in [0.1, 0.15) is 22.1 Å². The molecule has 0 fully saturated rings. The van der Waals surface area contributed by atoms with E-state index in [0.29, 0.717) is 6.54 Å². The van der Waals surface area contributed by atoms with Gasteiger partial charge in [-0.1, -0.05) is 30.3 Å². The van der Waals surface area contributed by atoms with E-state index >= 15 is 0 Å². The molecule has 1 amide bonds. The molecule has 0 saturated carbocycles. The lowest BCUT2D eigenvalue weighted by Gasteiger charge is -2.30. The summed E-state index contributed by atoms with van der Waals surface area (Å²) in [4.78, 5) is 16.0. The molecule has 1 unspecified atom stereocenters. The molecule has 0 radical (unpaired) electrons. The molecule has 0 aliphatic carbocycles. The fourth-order valence-corrected chi connectivity index (χ4v) is 3.50. The molecule has 0 N–H and O–H groups in total. The molecule has 1 aliphatic heterocycles. The van der Waals surface area contributed by atoms with Gasteiger partial charge >= 0.3 is 0 Å². The van der Waals surface area contributed by atoms with Crippen LogP contribution in [0.5, 0.6) is 0 Å². The van der Waals surface area contributed by atoms with Crippen molar-refractivity contribution < 1.29 is 9.53 Å². The van der Waals surface area contributed by atoms with E-state index in [-0.39, 0.29) is 5.91 Å². The molecule has 1 aromatic heterocycles. The van der Waals surface area contributed by atoms with Crippen molar-refractivity contribution in [1.29, 1.82) is 0 Å². The van der Waals surface area contributed by atoms with Crippen molar-refractivity contribution in [3.05, 3.63) is 57.8 Å². The summed E-state index contributed by atoms with van der Waals surface area (Å²) >= 11 is 1.78. The van der Waals surface area contributed by atoms with Crippen LogP contribution >= 0.6 is 11.3 Å². The predicted molar refractivity (Wildman–Crippen MR) is 79.6 cm³/mol. The number of fused-ring (bicyclic) bond motifs is 1. The van der Waals surface area contributed by atoms with E-state index in [0.717, 1.165) is 18.5 Å². The number of methoxy groups -OCH3 is 1. The van der Waals surface area contributed by atoms with Crippen molar-refractivity contribution in [1.82, 2.24) is 4.90 Å². The number of hydrogen-bond acceptors (Lipinski definition) is 3. The van der Waals surface area contributed by atoms with Gasteiger partial charge in [0, 0.05) is 25.1 Å². The molecule has 3 rings (SSSR count). The van der Waals surface area contributed by atoms with Crippen LogP contribution in [0.3, 0.4) is 0 Å². The highest BCUT2D eigenvalue weighted by Crippen LogP contribution is 2.27. The molecule has 3 nitrogen and oxygen atoms in total. The topological polar surface area (TPSA) is 29.5 Å². The van der Waals surface area contributed by atoms with Crippen molar-refractivity contribution >= 4 is 17.2 Å². The first kappa shape index (κ1) is 13.3. The second kappa shape index (κ2) is 5.77. The summed E-state index contributed by atoms with van der Waals surface area (Å²) in [6, 6.07) is 11.8. The van der Waals surface area contributed by atoms with Crippen molar-refractivity contribution in [3.8, 4) is 0 Å². The van der Waals surface area contributed by atoms with Crippen LogP contribution in [0.2, 0.25) is 0 Å². The molecule has 20 heavy (non-hydrogen) atoms. The number of carbonyl (C=O) groups excluding carboxylic acids is 1. The van der Waals surface area contributed by atoms with Gasteiger partial charge in [0.25, 0.3) is 5.91 Å². The van der Waals surface area contributed by atoms with Crippen LogP contribution in [-0.4, -0.2) is 24.5 Å². The Morgan fingerprint density at radius 3 is 2.85 bits per heavy atom. The van der Waals surface area contributed by atoms with Crippen LogP contribution in [0, 0.1) is 0 Å². The molecule has 2 aromatic rings. The quantitative estimate of drug-likeness (QED) is 0.868. The smallest absolute Gasteiger partial charge is 0.256 e. The molecule has 1 aliphatic rings. The average molecular weight is 287 g/mol. The van der Waals surface area contributed by atoms with E-state index in [2.05, 4.69) is 11.4 Å². The van der Waals surface area contributed by atoms with Crippen molar-refractivity contribution in [2.45, 2.75) is 19.1 Å². The van der Waals surface area contributed by atoms with E-state index in [9.17, 15) is 4.79 Å². The summed E-state index contributed by atoms with van der Waals surface area (Å²) in [6.07, 6.45) is 0.445. The van der Waals surface area contributed by atoms with Gasteiger partial charge in [-0.2, -0.15) is 0 Å². The minimum absolute atomic E-state index is 0.0514. The molecule has 0 bridgehead atoms. The normalized spacial score (nSPS) is 15.8. The molecule has 4 heteroatoms. The highest BCUT2D eigenvalue weighted by molar-refractivity contribution is 7.10. The Morgan fingerprint density at radius 2 is 2.10 bits per heavy atom. The molecule has 0 saturated heterocycles. The van der Waals surface area contributed by atoms with Gasteiger partial charge in [0.15, 0.2) is 6.10 Å². The second-order valence-electron chi connectivity index (χ2n) is 4.91. The number of hydrogen-bond donors (Lipinski definition) is 0. The largest absolute Gasteiger partial charge is 0.367 e. The number of ether oxygens (including phenoxy) is 1.